The van der Waals surface area contributed by atoms with Crippen molar-refractivity contribution in [1.82, 2.24) is 4.90 Å². The summed E-state index contributed by atoms with van der Waals surface area (Å²) in [6.45, 7) is 4.54. The summed E-state index contributed by atoms with van der Waals surface area (Å²) in [5, 5.41) is 10.4. The van der Waals surface area contributed by atoms with Gasteiger partial charge in [0.1, 0.15) is 0 Å². The quantitative estimate of drug-likeness (QED) is 0.907. The van der Waals surface area contributed by atoms with Crippen LogP contribution in [0.15, 0.2) is 12.1 Å². The van der Waals surface area contributed by atoms with Crippen LogP contribution in [-0.2, 0) is 16.6 Å². The number of hydrogen-bond donors (Lipinski definition) is 1. The third-order valence-electron chi connectivity index (χ3n) is 8.09. The van der Waals surface area contributed by atoms with Gasteiger partial charge in [-0.15, -0.1) is 0 Å². The first kappa shape index (κ1) is 15.5. The minimum Gasteiger partial charge on any atom is -0.504 e. The number of Topliss-reactive ketones (excluding diaryl/α,β-unsaturated/α-hetero) is 1. The molecule has 0 unspecified atom stereocenters. The molecular formula is C22H27NO3. The summed E-state index contributed by atoms with van der Waals surface area (Å²) < 4.78 is 6.23. The van der Waals surface area contributed by atoms with Crippen molar-refractivity contribution in [2.24, 2.45) is 17.8 Å². The number of nitrogens with zero attached hydrogens (tertiary/aromatic N) is 1. The highest BCUT2D eigenvalue weighted by Gasteiger charge is 2.68. The van der Waals surface area contributed by atoms with Crippen LogP contribution in [0.25, 0.3) is 0 Å². The Bertz CT molecular complexity index is 801. The fourth-order valence-electron chi connectivity index (χ4n) is 6.91. The fraction of sp³-hybridized carbons (Fsp3) is 0.682. The summed E-state index contributed by atoms with van der Waals surface area (Å²) in [5.41, 5.74) is 2.32. The van der Waals surface area contributed by atoms with Gasteiger partial charge in [-0.25, -0.2) is 0 Å². The minimum absolute atomic E-state index is 0.192. The summed E-state index contributed by atoms with van der Waals surface area (Å²) in [6.07, 6.45) is 6.14. The molecule has 26 heavy (non-hydrogen) atoms. The van der Waals surface area contributed by atoms with Crippen molar-refractivity contribution < 1.29 is 14.6 Å². The standard InChI is InChI=1S/C22H27NO3/c1-2-13-10-17(25)21-22-7-8-23(11-12-3-4-12)15(18(13)22)9-14-5-6-16(24)20(26-21)19(14)22/h5-6,12-13,15,18,21,24H,2-4,7-11H2,1H3/t13-,15-,18+,21+,22+/m1/s1. The van der Waals surface area contributed by atoms with Crippen LogP contribution in [0.2, 0.25) is 0 Å². The van der Waals surface area contributed by atoms with Crippen molar-refractivity contribution in [1.29, 1.82) is 0 Å². The van der Waals surface area contributed by atoms with E-state index in [0.29, 0.717) is 30.0 Å². The summed E-state index contributed by atoms with van der Waals surface area (Å²) in [4.78, 5) is 15.8. The van der Waals surface area contributed by atoms with Crippen LogP contribution in [0, 0.1) is 17.8 Å². The maximum atomic E-state index is 13.0. The Labute approximate surface area is 154 Å². The van der Waals surface area contributed by atoms with Crippen LogP contribution in [-0.4, -0.2) is 41.0 Å². The second-order valence-corrected chi connectivity index (χ2v) is 9.31. The van der Waals surface area contributed by atoms with Crippen molar-refractivity contribution in [3.63, 3.8) is 0 Å². The lowest BCUT2D eigenvalue weighted by atomic mass is 9.48. The Balaban J connectivity index is 1.55. The molecule has 1 N–H and O–H groups in total. The van der Waals surface area contributed by atoms with Crippen LogP contribution in [0.3, 0.4) is 0 Å². The zero-order chi connectivity index (χ0) is 17.6. The number of phenolic OH excluding ortho intramolecular Hbond substituents is 1. The number of piperidine rings is 1. The van der Waals surface area contributed by atoms with Gasteiger partial charge in [-0.05, 0) is 61.6 Å². The SMILES string of the molecule is CC[C@@H]1CC(=O)[C@@H]2Oc3c(O)ccc4c3[C@@]23CCN(CC2CC2)[C@H](C4)[C@H]13. The van der Waals surface area contributed by atoms with E-state index in [9.17, 15) is 9.90 Å². The number of carbonyl (C=O) groups excluding carboxylic acids is 1. The average molecular weight is 353 g/mol. The molecule has 2 bridgehead atoms. The second-order valence-electron chi connectivity index (χ2n) is 9.31. The third-order valence-corrected chi connectivity index (χ3v) is 8.09. The largest absolute Gasteiger partial charge is 0.504 e. The molecule has 2 saturated carbocycles. The normalized spacial score (nSPS) is 40.3. The molecule has 3 aliphatic carbocycles. The zero-order valence-electron chi connectivity index (χ0n) is 15.4. The molecule has 6 rings (SSSR count). The van der Waals surface area contributed by atoms with Crippen LogP contribution in [0.1, 0.15) is 50.2 Å². The van der Waals surface area contributed by atoms with E-state index >= 15 is 0 Å². The van der Waals surface area contributed by atoms with E-state index in [0.717, 1.165) is 31.7 Å². The fourth-order valence-corrected chi connectivity index (χ4v) is 6.91. The van der Waals surface area contributed by atoms with Gasteiger partial charge < -0.3 is 9.84 Å². The van der Waals surface area contributed by atoms with Crippen molar-refractivity contribution >= 4 is 5.78 Å². The molecule has 2 heterocycles. The second kappa shape index (κ2) is 5.03. The van der Waals surface area contributed by atoms with Gasteiger partial charge in [-0.2, -0.15) is 0 Å². The Morgan fingerprint density at radius 2 is 2.15 bits per heavy atom. The van der Waals surface area contributed by atoms with Crippen molar-refractivity contribution in [2.45, 2.75) is 63.0 Å². The van der Waals surface area contributed by atoms with E-state index in [1.165, 1.54) is 30.5 Å². The molecule has 3 fully saturated rings. The molecule has 1 saturated heterocycles. The Morgan fingerprint density at radius 1 is 1.31 bits per heavy atom. The van der Waals surface area contributed by atoms with Gasteiger partial charge in [0.15, 0.2) is 23.4 Å². The molecule has 4 nitrogen and oxygen atoms in total. The van der Waals surface area contributed by atoms with Gasteiger partial charge in [-0.1, -0.05) is 19.4 Å². The zero-order valence-corrected chi connectivity index (χ0v) is 15.4. The smallest absolute Gasteiger partial charge is 0.174 e. The van der Waals surface area contributed by atoms with Crippen LogP contribution in [0.5, 0.6) is 11.5 Å². The average Bonchev–Trinajstić information content (AvgIpc) is 3.38. The Hall–Kier alpha value is -1.55. The maximum absolute atomic E-state index is 13.0. The highest BCUT2D eigenvalue weighted by Crippen LogP contribution is 2.64. The van der Waals surface area contributed by atoms with Gasteiger partial charge in [0, 0.05) is 30.0 Å². The molecule has 0 amide bonds. The molecule has 2 aliphatic heterocycles. The van der Waals surface area contributed by atoms with Crippen LogP contribution < -0.4 is 4.74 Å². The van der Waals surface area contributed by atoms with Crippen LogP contribution >= 0.6 is 0 Å². The molecule has 0 radical (unpaired) electrons. The molecule has 4 heteroatoms. The summed E-state index contributed by atoms with van der Waals surface area (Å²) >= 11 is 0. The third kappa shape index (κ3) is 1.77. The number of likely N-dealkylation sites (tertiary alicyclic amines) is 1. The molecule has 1 aromatic carbocycles. The highest BCUT2D eigenvalue weighted by molar-refractivity contribution is 5.89. The van der Waals surface area contributed by atoms with E-state index in [1.54, 1.807) is 6.07 Å². The number of hydrogen-bond acceptors (Lipinski definition) is 4. The van der Waals surface area contributed by atoms with Gasteiger partial charge in [0.05, 0.1) is 0 Å². The number of ketones is 1. The van der Waals surface area contributed by atoms with E-state index in [4.69, 9.17) is 4.74 Å². The van der Waals surface area contributed by atoms with E-state index in [2.05, 4.69) is 17.9 Å². The molecule has 5 aliphatic rings. The topological polar surface area (TPSA) is 49.8 Å². The molecule has 138 valence electrons. The number of ether oxygens (including phenoxy) is 1. The summed E-state index contributed by atoms with van der Waals surface area (Å²) in [7, 11) is 0. The van der Waals surface area contributed by atoms with Crippen LogP contribution in [0.4, 0.5) is 0 Å². The molecular weight excluding hydrogens is 326 g/mol. The molecule has 1 aromatic rings. The number of rotatable bonds is 3. The Morgan fingerprint density at radius 3 is 2.92 bits per heavy atom. The van der Waals surface area contributed by atoms with Gasteiger partial charge in [0.2, 0.25) is 0 Å². The van der Waals surface area contributed by atoms with Crippen molar-refractivity contribution in [3.8, 4) is 11.5 Å². The predicted molar refractivity (Wildman–Crippen MR) is 97.5 cm³/mol. The van der Waals surface area contributed by atoms with Crippen molar-refractivity contribution in [2.75, 3.05) is 13.1 Å². The number of benzene rings is 1. The van der Waals surface area contributed by atoms with Gasteiger partial charge >= 0.3 is 0 Å². The van der Waals surface area contributed by atoms with E-state index in [-0.39, 0.29) is 23.1 Å². The molecule has 5 atom stereocenters. The monoisotopic (exact) mass is 353 g/mol. The molecule has 1 spiro atoms. The first-order valence-corrected chi connectivity index (χ1v) is 10.4. The Kier molecular flexibility index (Phi) is 3.00. The highest BCUT2D eigenvalue weighted by atomic mass is 16.5. The lowest BCUT2D eigenvalue weighted by Gasteiger charge is -2.60. The number of carbonyl (C=O) groups is 1. The maximum Gasteiger partial charge on any atom is 0.174 e. The number of phenols is 1. The lowest BCUT2D eigenvalue weighted by Crippen LogP contribution is -2.68. The van der Waals surface area contributed by atoms with Gasteiger partial charge in [-0.3, -0.25) is 9.69 Å². The first-order valence-electron chi connectivity index (χ1n) is 10.4. The predicted octanol–water partition coefficient (Wildman–Crippen LogP) is 3.05. The van der Waals surface area contributed by atoms with E-state index < -0.39 is 0 Å². The first-order chi connectivity index (χ1) is 12.6. The summed E-state index contributed by atoms with van der Waals surface area (Å²) in [5.74, 6) is 2.91. The number of aromatic hydroxyl groups is 1. The van der Waals surface area contributed by atoms with E-state index in [1.807, 2.05) is 0 Å². The van der Waals surface area contributed by atoms with Crippen molar-refractivity contribution in [3.05, 3.63) is 23.3 Å². The van der Waals surface area contributed by atoms with Gasteiger partial charge in [0.25, 0.3) is 0 Å². The summed E-state index contributed by atoms with van der Waals surface area (Å²) in [6, 6.07) is 4.38. The lowest BCUT2D eigenvalue weighted by molar-refractivity contribution is -0.145. The molecule has 0 aromatic heterocycles. The minimum atomic E-state index is -0.372.